The fraction of sp³-hybridized carbons (Fsp3) is 0.519. The summed E-state index contributed by atoms with van der Waals surface area (Å²) in [6.45, 7) is 6.23. The Morgan fingerprint density at radius 1 is 1.03 bits per heavy atom. The third-order valence-corrected chi connectivity index (χ3v) is 7.25. The number of halogens is 3. The lowest BCUT2D eigenvalue weighted by atomic mass is 9.60. The number of rotatable bonds is 10. The molecular weight excluding hydrogens is 409 g/mol. The van der Waals surface area contributed by atoms with Crippen molar-refractivity contribution in [3.63, 3.8) is 0 Å². The van der Waals surface area contributed by atoms with Crippen molar-refractivity contribution >= 4 is 0 Å². The van der Waals surface area contributed by atoms with E-state index in [1.165, 1.54) is 17.7 Å². The van der Waals surface area contributed by atoms with Gasteiger partial charge >= 0.3 is 6.18 Å². The molecule has 2 nitrogen and oxygen atoms in total. The number of nitrogens with zero attached hydrogens (tertiary/aromatic N) is 2. The van der Waals surface area contributed by atoms with E-state index < -0.39 is 17.2 Å². The molecule has 0 amide bonds. The average molecular weight is 443 g/mol. The van der Waals surface area contributed by atoms with E-state index in [4.69, 9.17) is 0 Å². The smallest absolute Gasteiger partial charge is 0.301 e. The van der Waals surface area contributed by atoms with Gasteiger partial charge in [0.05, 0.1) is 17.0 Å². The number of hydrogen-bond donors (Lipinski definition) is 0. The summed E-state index contributed by atoms with van der Waals surface area (Å²) in [5.41, 5.74) is 0.671. The summed E-state index contributed by atoms with van der Waals surface area (Å²) < 4.78 is 39.1. The largest absolute Gasteiger partial charge is 0.416 e. The first-order valence-corrected chi connectivity index (χ1v) is 11.7. The molecule has 0 aliphatic heterocycles. The summed E-state index contributed by atoms with van der Waals surface area (Å²) in [7, 11) is 0. The zero-order chi connectivity index (χ0) is 23.2. The lowest BCUT2D eigenvalue weighted by molar-refractivity contribution is -0.137. The van der Waals surface area contributed by atoms with Gasteiger partial charge in [0.2, 0.25) is 0 Å². The predicted octanol–water partition coefficient (Wildman–Crippen LogP) is 7.00. The van der Waals surface area contributed by atoms with E-state index in [1.807, 2.05) is 6.07 Å². The van der Waals surface area contributed by atoms with Crippen LogP contribution in [0, 0.1) is 17.2 Å². The Morgan fingerprint density at radius 3 is 2.16 bits per heavy atom. The topological polar surface area (TPSA) is 27.0 Å². The van der Waals surface area contributed by atoms with Crippen molar-refractivity contribution in [3.8, 4) is 6.07 Å². The van der Waals surface area contributed by atoms with E-state index in [0.717, 1.165) is 62.9 Å². The zero-order valence-corrected chi connectivity index (χ0v) is 19.0. The van der Waals surface area contributed by atoms with Crippen molar-refractivity contribution in [2.24, 2.45) is 5.92 Å². The van der Waals surface area contributed by atoms with Gasteiger partial charge < -0.3 is 4.90 Å². The molecule has 1 fully saturated rings. The molecule has 0 spiro atoms. The molecule has 5 heteroatoms. The van der Waals surface area contributed by atoms with Crippen LogP contribution in [-0.4, -0.2) is 24.0 Å². The Kier molecular flexibility index (Phi) is 8.00. The Balaban J connectivity index is 1.72. The van der Waals surface area contributed by atoms with Gasteiger partial charge in [-0.25, -0.2) is 0 Å². The van der Waals surface area contributed by atoms with E-state index in [2.05, 4.69) is 49.1 Å². The highest BCUT2D eigenvalue weighted by Gasteiger charge is 2.44. The standard InChI is InChI=1S/C27H33F3N2/c1-3-32(19-17-22-8-5-4-6-9-22)21(2)16-18-26(20-31,23-10-7-11-23)24-12-14-25(15-13-24)27(28,29)30/h4-6,8-9,12-15,21,23H,3,7,10-11,16-19H2,1-2H3. The lowest BCUT2D eigenvalue weighted by Crippen LogP contribution is -2.41. The van der Waals surface area contributed by atoms with Crippen LogP contribution in [-0.2, 0) is 18.0 Å². The fourth-order valence-electron chi connectivity index (χ4n) is 4.88. The zero-order valence-electron chi connectivity index (χ0n) is 19.0. The van der Waals surface area contributed by atoms with Crippen molar-refractivity contribution in [1.82, 2.24) is 4.90 Å². The van der Waals surface area contributed by atoms with Gasteiger partial charge in [0.25, 0.3) is 0 Å². The van der Waals surface area contributed by atoms with Crippen LogP contribution in [0.2, 0.25) is 0 Å². The first-order chi connectivity index (χ1) is 15.3. The minimum atomic E-state index is -4.36. The fourth-order valence-corrected chi connectivity index (χ4v) is 4.88. The number of nitriles is 1. The maximum Gasteiger partial charge on any atom is 0.416 e. The highest BCUT2D eigenvalue weighted by Crippen LogP contribution is 2.47. The van der Waals surface area contributed by atoms with Crippen molar-refractivity contribution in [1.29, 1.82) is 5.26 Å². The number of likely N-dealkylation sites (N-methyl/N-ethyl adjacent to an activating group) is 1. The molecule has 3 rings (SSSR count). The Hall–Kier alpha value is -2.32. The van der Waals surface area contributed by atoms with E-state index in [9.17, 15) is 18.4 Å². The Labute approximate surface area is 190 Å². The van der Waals surface area contributed by atoms with Crippen LogP contribution in [0.1, 0.15) is 62.6 Å². The van der Waals surface area contributed by atoms with E-state index in [1.54, 1.807) is 0 Å². The molecule has 0 N–H and O–H groups in total. The van der Waals surface area contributed by atoms with Gasteiger partial charge in [0.1, 0.15) is 0 Å². The van der Waals surface area contributed by atoms with E-state index in [0.29, 0.717) is 12.5 Å². The normalized spacial score (nSPS) is 17.4. The molecule has 1 saturated carbocycles. The molecule has 0 heterocycles. The van der Waals surface area contributed by atoms with E-state index in [-0.39, 0.29) is 5.92 Å². The quantitative estimate of drug-likeness (QED) is 0.396. The summed E-state index contributed by atoms with van der Waals surface area (Å²) in [6.07, 6.45) is 1.14. The predicted molar refractivity (Wildman–Crippen MR) is 122 cm³/mol. The minimum Gasteiger partial charge on any atom is -0.301 e. The van der Waals surface area contributed by atoms with Crippen LogP contribution in [0.4, 0.5) is 13.2 Å². The summed E-state index contributed by atoms with van der Waals surface area (Å²) in [4.78, 5) is 2.43. The minimum absolute atomic E-state index is 0.218. The van der Waals surface area contributed by atoms with Crippen LogP contribution in [0.3, 0.4) is 0 Å². The van der Waals surface area contributed by atoms with Gasteiger partial charge in [0.15, 0.2) is 0 Å². The van der Waals surface area contributed by atoms with Crippen LogP contribution < -0.4 is 0 Å². The second kappa shape index (κ2) is 10.5. The molecule has 2 aromatic carbocycles. The van der Waals surface area contributed by atoms with Crippen molar-refractivity contribution in [2.45, 2.75) is 70.0 Å². The molecule has 2 aromatic rings. The maximum atomic E-state index is 13.0. The van der Waals surface area contributed by atoms with Crippen molar-refractivity contribution < 1.29 is 13.2 Å². The van der Waals surface area contributed by atoms with Crippen LogP contribution in [0.15, 0.2) is 54.6 Å². The van der Waals surface area contributed by atoms with Crippen molar-refractivity contribution in [3.05, 3.63) is 71.3 Å². The van der Waals surface area contributed by atoms with Gasteiger partial charge in [-0.15, -0.1) is 0 Å². The number of alkyl halides is 3. The summed E-state index contributed by atoms with van der Waals surface area (Å²) in [5.74, 6) is 0.218. The summed E-state index contributed by atoms with van der Waals surface area (Å²) in [6, 6.07) is 18.6. The average Bonchev–Trinajstić information content (AvgIpc) is 2.76. The molecule has 0 radical (unpaired) electrons. The molecule has 0 saturated heterocycles. The maximum absolute atomic E-state index is 13.0. The molecule has 0 bridgehead atoms. The third kappa shape index (κ3) is 5.53. The molecular formula is C27H33F3N2. The van der Waals surface area contributed by atoms with Crippen LogP contribution in [0.25, 0.3) is 0 Å². The lowest BCUT2D eigenvalue weighted by Gasteiger charge is -2.42. The second-order valence-electron chi connectivity index (χ2n) is 9.04. The van der Waals surface area contributed by atoms with Crippen molar-refractivity contribution in [2.75, 3.05) is 13.1 Å². The summed E-state index contributed by atoms with van der Waals surface area (Å²) in [5, 5.41) is 10.3. The number of benzene rings is 2. The monoisotopic (exact) mass is 442 g/mol. The molecule has 172 valence electrons. The van der Waals surface area contributed by atoms with Crippen LogP contribution in [0.5, 0.6) is 0 Å². The Bertz CT molecular complexity index is 882. The van der Waals surface area contributed by atoms with Gasteiger partial charge in [-0.3, -0.25) is 0 Å². The SMILES string of the molecule is CCN(CCc1ccccc1)C(C)CCC(C#N)(c1ccc(C(F)(F)F)cc1)C1CCC1. The van der Waals surface area contributed by atoms with Gasteiger partial charge in [-0.05, 0) is 74.8 Å². The molecule has 1 aliphatic carbocycles. The molecule has 2 unspecified atom stereocenters. The van der Waals surface area contributed by atoms with Gasteiger partial charge in [-0.2, -0.15) is 18.4 Å². The Morgan fingerprint density at radius 2 is 1.66 bits per heavy atom. The highest BCUT2D eigenvalue weighted by atomic mass is 19.4. The molecule has 32 heavy (non-hydrogen) atoms. The van der Waals surface area contributed by atoms with Crippen LogP contribution >= 0.6 is 0 Å². The molecule has 0 aromatic heterocycles. The molecule has 1 aliphatic rings. The second-order valence-corrected chi connectivity index (χ2v) is 9.04. The summed E-state index contributed by atoms with van der Waals surface area (Å²) >= 11 is 0. The molecule has 2 atom stereocenters. The van der Waals surface area contributed by atoms with Gasteiger partial charge in [-0.1, -0.05) is 55.8 Å². The highest BCUT2D eigenvalue weighted by molar-refractivity contribution is 5.37. The first-order valence-electron chi connectivity index (χ1n) is 11.7. The first kappa shape index (κ1) is 24.3. The van der Waals surface area contributed by atoms with Gasteiger partial charge in [0, 0.05) is 12.6 Å². The van der Waals surface area contributed by atoms with E-state index >= 15 is 0 Å². The number of hydrogen-bond acceptors (Lipinski definition) is 2. The third-order valence-electron chi connectivity index (χ3n) is 7.25.